The fraction of sp³-hybridized carbons (Fsp3) is 0.312. The Morgan fingerprint density at radius 1 is 1.04 bits per heavy atom. The Labute approximate surface area is 264 Å². The van der Waals surface area contributed by atoms with Crippen LogP contribution >= 0.6 is 0 Å². The molecular formula is C32H33F3N6O4S. The van der Waals surface area contributed by atoms with Gasteiger partial charge in [-0.2, -0.15) is 4.98 Å². The third-order valence-corrected chi connectivity index (χ3v) is 8.90. The third-order valence-electron chi connectivity index (χ3n) is 7.77. The number of pyridine rings is 1. The highest BCUT2D eigenvalue weighted by molar-refractivity contribution is 7.90. The highest BCUT2D eigenvalue weighted by Crippen LogP contribution is 2.34. The van der Waals surface area contributed by atoms with E-state index in [-0.39, 0.29) is 59.0 Å². The van der Waals surface area contributed by atoms with E-state index in [4.69, 9.17) is 0 Å². The molecule has 0 unspecified atom stereocenters. The van der Waals surface area contributed by atoms with Gasteiger partial charge in [0.15, 0.2) is 21.3 Å². The summed E-state index contributed by atoms with van der Waals surface area (Å²) in [5.41, 5.74) is -2.31. The minimum atomic E-state index is -3.90. The lowest BCUT2D eigenvalue weighted by molar-refractivity contribution is -0.126. The van der Waals surface area contributed by atoms with Crippen molar-refractivity contribution in [1.82, 2.24) is 24.3 Å². The summed E-state index contributed by atoms with van der Waals surface area (Å²) >= 11 is 0. The molecular weight excluding hydrogens is 621 g/mol. The number of sulfone groups is 1. The molecule has 2 aromatic heterocycles. The normalized spacial score (nSPS) is 15.8. The number of hydrogen-bond acceptors (Lipinski definition) is 8. The number of aromatic nitrogens is 3. The molecule has 1 saturated heterocycles. The second-order valence-electron chi connectivity index (χ2n) is 11.5. The first-order valence-corrected chi connectivity index (χ1v) is 16.3. The molecule has 46 heavy (non-hydrogen) atoms. The lowest BCUT2D eigenvalue weighted by Gasteiger charge is -2.40. The summed E-state index contributed by atoms with van der Waals surface area (Å²) in [5.74, 6) is -3.36. The Balaban J connectivity index is 1.73. The van der Waals surface area contributed by atoms with Crippen LogP contribution in [0.5, 0.6) is 0 Å². The number of benzene rings is 2. The van der Waals surface area contributed by atoms with E-state index in [2.05, 4.69) is 9.97 Å². The van der Waals surface area contributed by atoms with Crippen LogP contribution in [0.25, 0.3) is 28.0 Å². The van der Waals surface area contributed by atoms with E-state index in [0.29, 0.717) is 12.1 Å². The number of halogens is 3. The van der Waals surface area contributed by atoms with Crippen LogP contribution in [-0.4, -0.2) is 91.2 Å². The average molecular weight is 655 g/mol. The molecule has 1 atom stereocenters. The lowest BCUT2D eigenvalue weighted by atomic mass is 10.1. The van der Waals surface area contributed by atoms with Gasteiger partial charge in [0, 0.05) is 44.6 Å². The van der Waals surface area contributed by atoms with Crippen molar-refractivity contribution in [2.24, 2.45) is 0 Å². The summed E-state index contributed by atoms with van der Waals surface area (Å²) in [6.07, 6.45) is 4.24. The number of para-hydroxylation sites is 1. The lowest BCUT2D eigenvalue weighted by Crippen LogP contribution is -2.54. The molecule has 1 fully saturated rings. The molecule has 1 aliphatic heterocycles. The Kier molecular flexibility index (Phi) is 9.05. The zero-order chi connectivity index (χ0) is 33.5. The fourth-order valence-corrected chi connectivity index (χ4v) is 6.51. The van der Waals surface area contributed by atoms with Crippen molar-refractivity contribution in [2.45, 2.75) is 24.8 Å². The quantitative estimate of drug-likeness (QED) is 0.278. The van der Waals surface area contributed by atoms with Gasteiger partial charge in [-0.1, -0.05) is 24.3 Å². The van der Waals surface area contributed by atoms with Crippen molar-refractivity contribution in [3.8, 4) is 16.9 Å². The van der Waals surface area contributed by atoms with Crippen LogP contribution in [0.4, 0.5) is 19.0 Å². The second-order valence-corrected chi connectivity index (χ2v) is 13.5. The summed E-state index contributed by atoms with van der Waals surface area (Å²) in [7, 11) is -0.136. The summed E-state index contributed by atoms with van der Waals surface area (Å²) < 4.78 is 72.2. The number of carbonyl (C=O) groups is 1. The summed E-state index contributed by atoms with van der Waals surface area (Å²) in [6, 6.07) is 8.05. The predicted molar refractivity (Wildman–Crippen MR) is 169 cm³/mol. The standard InChI is InChI=1S/C32H33F3N6O4S/c1-19-9-6-12-25(46(5,44)45)29(19)41-31-21(17-24(35)28(36-31)27-22(33)10-7-11-23(27)34)30(37-32(41)43)40-16-15-39(18-20(40)2)26(42)13-8-14-38(3)4/h6-13,17,20H,14-16,18H2,1-5H3/b13-8+/t20-/m0/s1. The monoisotopic (exact) mass is 654 g/mol. The number of nitrogens with zero attached hydrogens (tertiary/aromatic N) is 6. The van der Waals surface area contributed by atoms with E-state index in [1.165, 1.54) is 18.2 Å². The maximum absolute atomic E-state index is 15.8. The van der Waals surface area contributed by atoms with Gasteiger partial charge in [-0.15, -0.1) is 0 Å². The molecule has 5 rings (SSSR count). The molecule has 4 aromatic rings. The predicted octanol–water partition coefficient (Wildman–Crippen LogP) is 3.73. The number of amides is 1. The van der Waals surface area contributed by atoms with E-state index in [1.807, 2.05) is 25.9 Å². The largest absolute Gasteiger partial charge is 0.355 e. The van der Waals surface area contributed by atoms with Crippen molar-refractivity contribution in [1.29, 1.82) is 0 Å². The van der Waals surface area contributed by atoms with Crippen LogP contribution in [-0.2, 0) is 14.6 Å². The van der Waals surface area contributed by atoms with Crippen molar-refractivity contribution < 1.29 is 26.4 Å². The van der Waals surface area contributed by atoms with Crippen LogP contribution in [0, 0.1) is 24.4 Å². The highest BCUT2D eigenvalue weighted by Gasteiger charge is 2.31. The van der Waals surface area contributed by atoms with Gasteiger partial charge < -0.3 is 14.7 Å². The van der Waals surface area contributed by atoms with Gasteiger partial charge in [-0.05, 0) is 57.8 Å². The first kappa shape index (κ1) is 32.8. The molecule has 0 saturated carbocycles. The first-order chi connectivity index (χ1) is 21.7. The number of fused-ring (bicyclic) bond motifs is 1. The molecule has 0 spiro atoms. The van der Waals surface area contributed by atoms with Gasteiger partial charge in [0.05, 0.1) is 21.5 Å². The zero-order valence-electron chi connectivity index (χ0n) is 26.0. The van der Waals surface area contributed by atoms with Gasteiger partial charge in [0.1, 0.15) is 23.1 Å². The van der Waals surface area contributed by atoms with Crippen LogP contribution in [0.3, 0.4) is 0 Å². The molecule has 0 radical (unpaired) electrons. The van der Waals surface area contributed by atoms with E-state index in [9.17, 15) is 26.8 Å². The van der Waals surface area contributed by atoms with Crippen LogP contribution in [0.15, 0.2) is 64.3 Å². The van der Waals surface area contributed by atoms with E-state index in [0.717, 1.165) is 35.1 Å². The summed E-state index contributed by atoms with van der Waals surface area (Å²) in [6.45, 7) is 4.76. The first-order valence-electron chi connectivity index (χ1n) is 14.4. The zero-order valence-corrected chi connectivity index (χ0v) is 26.8. The van der Waals surface area contributed by atoms with Crippen LogP contribution in [0.1, 0.15) is 12.5 Å². The number of hydrogen-bond donors (Lipinski definition) is 0. The summed E-state index contributed by atoms with van der Waals surface area (Å²) in [4.78, 5) is 40.4. The number of likely N-dealkylation sites (N-methyl/N-ethyl adjacent to an activating group) is 1. The van der Waals surface area contributed by atoms with Crippen LogP contribution in [0.2, 0.25) is 0 Å². The SMILES string of the molecule is Cc1cccc(S(C)(=O)=O)c1-n1c(=O)nc(N2CCN(C(=O)/C=C/CN(C)C)C[C@@H]2C)c2cc(F)c(-c3c(F)cccc3F)nc21. The number of anilines is 1. The Bertz CT molecular complexity index is 2030. The number of carbonyl (C=O) groups excluding carboxylic acids is 1. The molecule has 0 N–H and O–H groups in total. The maximum Gasteiger partial charge on any atom is 0.355 e. The Morgan fingerprint density at radius 2 is 1.72 bits per heavy atom. The molecule has 10 nitrogen and oxygen atoms in total. The number of piperazine rings is 1. The van der Waals surface area contributed by atoms with Crippen molar-refractivity contribution in [3.63, 3.8) is 0 Å². The van der Waals surface area contributed by atoms with Crippen molar-refractivity contribution in [3.05, 3.63) is 88.1 Å². The molecule has 242 valence electrons. The minimum absolute atomic E-state index is 0.0119. The molecule has 1 amide bonds. The van der Waals surface area contributed by atoms with Crippen LogP contribution < -0.4 is 10.6 Å². The molecule has 0 bridgehead atoms. The molecule has 2 aromatic carbocycles. The number of aryl methyl sites for hydroxylation is 1. The van der Waals surface area contributed by atoms with Crippen molar-refractivity contribution >= 4 is 32.6 Å². The Morgan fingerprint density at radius 3 is 2.35 bits per heavy atom. The van der Waals surface area contributed by atoms with E-state index < -0.39 is 44.2 Å². The molecule has 3 heterocycles. The fourth-order valence-electron chi connectivity index (χ4n) is 5.59. The van der Waals surface area contributed by atoms with Gasteiger partial charge in [0.2, 0.25) is 5.91 Å². The maximum atomic E-state index is 15.8. The minimum Gasteiger partial charge on any atom is -0.350 e. The van der Waals surface area contributed by atoms with E-state index >= 15 is 4.39 Å². The smallest absolute Gasteiger partial charge is 0.350 e. The van der Waals surface area contributed by atoms with Gasteiger partial charge in [0.25, 0.3) is 0 Å². The molecule has 14 heteroatoms. The van der Waals surface area contributed by atoms with Gasteiger partial charge in [-0.3, -0.25) is 4.79 Å². The van der Waals surface area contributed by atoms with Gasteiger partial charge >= 0.3 is 5.69 Å². The number of rotatable bonds is 7. The Hall–Kier alpha value is -4.56. The molecule has 1 aliphatic rings. The average Bonchev–Trinajstić information content (AvgIpc) is 2.97. The molecule has 0 aliphatic carbocycles. The second kappa shape index (κ2) is 12.7. The highest BCUT2D eigenvalue weighted by atomic mass is 32.2. The summed E-state index contributed by atoms with van der Waals surface area (Å²) in [5, 5.41) is 0.0119. The van der Waals surface area contributed by atoms with E-state index in [1.54, 1.807) is 28.9 Å². The van der Waals surface area contributed by atoms with Gasteiger partial charge in [-0.25, -0.2) is 35.9 Å². The topological polar surface area (TPSA) is 109 Å². The van der Waals surface area contributed by atoms with Crippen molar-refractivity contribution in [2.75, 3.05) is 51.4 Å². The third kappa shape index (κ3) is 6.27.